The van der Waals surface area contributed by atoms with Crippen molar-refractivity contribution in [1.29, 1.82) is 0 Å². The van der Waals surface area contributed by atoms with Gasteiger partial charge in [-0.05, 0) is 35.8 Å². The van der Waals surface area contributed by atoms with Crippen molar-refractivity contribution in [3.05, 3.63) is 21.9 Å². The Kier molecular flexibility index (Phi) is 5.72. The zero-order valence-corrected chi connectivity index (χ0v) is 13.3. The van der Waals surface area contributed by atoms with E-state index in [9.17, 15) is 13.2 Å². The molecular formula is C10H12BrClN2O4S. The van der Waals surface area contributed by atoms with E-state index in [1.165, 1.54) is 19.2 Å². The quantitative estimate of drug-likeness (QED) is 0.629. The van der Waals surface area contributed by atoms with Gasteiger partial charge in [-0.2, -0.15) is 4.72 Å². The second-order valence-corrected chi connectivity index (χ2v) is 6.49. The highest BCUT2D eigenvalue weighted by molar-refractivity contribution is 9.10. The van der Waals surface area contributed by atoms with Crippen molar-refractivity contribution in [1.82, 2.24) is 9.71 Å². The summed E-state index contributed by atoms with van der Waals surface area (Å²) in [5.41, 5.74) is 0. The molecule has 6 nitrogen and oxygen atoms in total. The molecule has 0 aromatic carbocycles. The van der Waals surface area contributed by atoms with Gasteiger partial charge >= 0.3 is 5.97 Å². The first kappa shape index (κ1) is 16.4. The van der Waals surface area contributed by atoms with Crippen molar-refractivity contribution < 1.29 is 17.9 Å². The molecular weight excluding hydrogens is 360 g/mol. The molecule has 0 spiro atoms. The maximum absolute atomic E-state index is 12.1. The molecule has 0 amide bonds. The summed E-state index contributed by atoms with van der Waals surface area (Å²) in [6.07, 6.45) is 1.37. The highest BCUT2D eigenvalue weighted by atomic mass is 79.9. The number of sulfonamides is 1. The average molecular weight is 372 g/mol. The molecule has 106 valence electrons. The standard InChI is InChI=1S/C10H12BrClN2O4S/c1-3-18-10(15)6(2)14-19(16,17)8-4-7(11)5-13-9(8)12/h4-6,14H,3H2,1-2H3. The van der Waals surface area contributed by atoms with Crippen LogP contribution in [0.5, 0.6) is 0 Å². The van der Waals surface area contributed by atoms with Crippen LogP contribution < -0.4 is 4.72 Å². The van der Waals surface area contributed by atoms with Crippen LogP contribution in [0.15, 0.2) is 21.6 Å². The fourth-order valence-electron chi connectivity index (χ4n) is 1.20. The van der Waals surface area contributed by atoms with Crippen LogP contribution in [0.25, 0.3) is 0 Å². The number of hydrogen-bond donors (Lipinski definition) is 1. The number of carbonyl (C=O) groups excluding carboxylic acids is 1. The predicted molar refractivity (Wildman–Crippen MR) is 73.4 cm³/mol. The normalized spacial score (nSPS) is 13.1. The summed E-state index contributed by atoms with van der Waals surface area (Å²) in [6, 6.07) is 0.287. The summed E-state index contributed by atoms with van der Waals surface area (Å²) in [7, 11) is -3.95. The number of ether oxygens (including phenoxy) is 1. The molecule has 1 aromatic heterocycles. The van der Waals surface area contributed by atoms with Crippen LogP contribution in [-0.2, 0) is 19.6 Å². The predicted octanol–water partition coefficient (Wildman–Crippen LogP) is 1.73. The topological polar surface area (TPSA) is 85.4 Å². The number of halogens is 2. The number of nitrogens with zero attached hydrogens (tertiary/aromatic N) is 1. The molecule has 1 N–H and O–H groups in total. The Bertz CT molecular complexity index is 579. The first-order valence-electron chi connectivity index (χ1n) is 5.28. The van der Waals surface area contributed by atoms with Crippen molar-refractivity contribution in [2.45, 2.75) is 24.8 Å². The SMILES string of the molecule is CCOC(=O)C(C)NS(=O)(=O)c1cc(Br)cnc1Cl. The van der Waals surface area contributed by atoms with E-state index in [1.54, 1.807) is 6.92 Å². The molecule has 1 rings (SSSR count). The van der Waals surface area contributed by atoms with E-state index in [-0.39, 0.29) is 16.7 Å². The van der Waals surface area contributed by atoms with Crippen molar-refractivity contribution in [2.24, 2.45) is 0 Å². The lowest BCUT2D eigenvalue weighted by molar-refractivity contribution is -0.144. The Labute approximate surface area is 124 Å². The van der Waals surface area contributed by atoms with Gasteiger partial charge < -0.3 is 4.74 Å². The summed E-state index contributed by atoms with van der Waals surface area (Å²) in [6.45, 7) is 3.19. The number of esters is 1. The molecule has 19 heavy (non-hydrogen) atoms. The van der Waals surface area contributed by atoms with E-state index in [0.717, 1.165) is 0 Å². The summed E-state index contributed by atoms with van der Waals surface area (Å²) < 4.78 is 31.5. The van der Waals surface area contributed by atoms with Gasteiger partial charge in [0.1, 0.15) is 16.1 Å². The number of hydrogen-bond acceptors (Lipinski definition) is 5. The first-order chi connectivity index (χ1) is 8.77. The van der Waals surface area contributed by atoms with Crippen molar-refractivity contribution >= 4 is 43.5 Å². The Balaban J connectivity index is 2.99. The van der Waals surface area contributed by atoms with Crippen LogP contribution in [0.1, 0.15) is 13.8 Å². The Morgan fingerprint density at radius 1 is 1.63 bits per heavy atom. The summed E-state index contributed by atoms with van der Waals surface area (Å²) >= 11 is 8.84. The molecule has 0 aliphatic rings. The lowest BCUT2D eigenvalue weighted by atomic mass is 10.4. The number of aromatic nitrogens is 1. The van der Waals surface area contributed by atoms with Crippen molar-refractivity contribution in [3.63, 3.8) is 0 Å². The van der Waals surface area contributed by atoms with Gasteiger partial charge in [0.15, 0.2) is 0 Å². The zero-order chi connectivity index (χ0) is 14.6. The average Bonchev–Trinajstić information content (AvgIpc) is 2.31. The van der Waals surface area contributed by atoms with Crippen LogP contribution >= 0.6 is 27.5 Å². The molecule has 0 aliphatic carbocycles. The first-order valence-corrected chi connectivity index (χ1v) is 7.93. The number of rotatable bonds is 5. The Morgan fingerprint density at radius 3 is 2.84 bits per heavy atom. The van der Waals surface area contributed by atoms with E-state index in [0.29, 0.717) is 4.47 Å². The molecule has 0 aliphatic heterocycles. The van der Waals surface area contributed by atoms with Gasteiger partial charge in [-0.15, -0.1) is 0 Å². The fraction of sp³-hybridized carbons (Fsp3) is 0.400. The Morgan fingerprint density at radius 2 is 2.26 bits per heavy atom. The van der Waals surface area contributed by atoms with Crippen LogP contribution in [0.2, 0.25) is 5.15 Å². The maximum Gasteiger partial charge on any atom is 0.323 e. The number of pyridine rings is 1. The zero-order valence-electron chi connectivity index (χ0n) is 10.2. The van der Waals surface area contributed by atoms with Crippen molar-refractivity contribution in [3.8, 4) is 0 Å². The van der Waals surface area contributed by atoms with Gasteiger partial charge in [0, 0.05) is 10.7 Å². The van der Waals surface area contributed by atoms with Crippen LogP contribution in [0, 0.1) is 0 Å². The van der Waals surface area contributed by atoms with Gasteiger partial charge in [0.25, 0.3) is 0 Å². The smallest absolute Gasteiger partial charge is 0.323 e. The molecule has 0 radical (unpaired) electrons. The molecule has 9 heteroatoms. The molecule has 1 atom stereocenters. The van der Waals surface area contributed by atoms with Crippen LogP contribution in [-0.4, -0.2) is 32.0 Å². The third kappa shape index (κ3) is 4.41. The fourth-order valence-corrected chi connectivity index (χ4v) is 3.34. The highest BCUT2D eigenvalue weighted by Gasteiger charge is 2.25. The third-order valence-electron chi connectivity index (χ3n) is 2.04. The summed E-state index contributed by atoms with van der Waals surface area (Å²) in [5.74, 6) is -0.662. The molecule has 0 bridgehead atoms. The lowest BCUT2D eigenvalue weighted by Gasteiger charge is -2.13. The summed E-state index contributed by atoms with van der Waals surface area (Å²) in [5, 5.41) is -0.174. The van der Waals surface area contributed by atoms with Crippen LogP contribution in [0.4, 0.5) is 0 Å². The van der Waals surface area contributed by atoms with Crippen molar-refractivity contribution in [2.75, 3.05) is 6.61 Å². The Hall–Kier alpha value is -0.700. The molecule has 1 heterocycles. The molecule has 0 fully saturated rings. The molecule has 0 saturated heterocycles. The van der Waals surface area contributed by atoms with Gasteiger partial charge in [-0.25, -0.2) is 13.4 Å². The van der Waals surface area contributed by atoms with Gasteiger partial charge in [-0.1, -0.05) is 11.6 Å². The molecule has 1 unspecified atom stereocenters. The maximum atomic E-state index is 12.1. The van der Waals surface area contributed by atoms with E-state index >= 15 is 0 Å². The minimum Gasteiger partial charge on any atom is -0.465 e. The highest BCUT2D eigenvalue weighted by Crippen LogP contribution is 2.22. The van der Waals surface area contributed by atoms with Gasteiger partial charge in [0.05, 0.1) is 6.61 Å². The minimum atomic E-state index is -3.95. The number of carbonyl (C=O) groups is 1. The van der Waals surface area contributed by atoms with Crippen LogP contribution in [0.3, 0.4) is 0 Å². The van der Waals surface area contributed by atoms with E-state index in [2.05, 4.69) is 25.6 Å². The van der Waals surface area contributed by atoms with Gasteiger partial charge in [0.2, 0.25) is 10.0 Å². The monoisotopic (exact) mass is 370 g/mol. The summed E-state index contributed by atoms with van der Waals surface area (Å²) in [4.78, 5) is 14.9. The van der Waals surface area contributed by atoms with E-state index < -0.39 is 22.0 Å². The largest absolute Gasteiger partial charge is 0.465 e. The number of nitrogens with one attached hydrogen (secondary N) is 1. The minimum absolute atomic E-state index is 0.171. The second-order valence-electron chi connectivity index (χ2n) is 3.54. The van der Waals surface area contributed by atoms with E-state index in [4.69, 9.17) is 16.3 Å². The second kappa shape index (κ2) is 6.65. The third-order valence-corrected chi connectivity index (χ3v) is 4.44. The molecule has 1 aromatic rings. The van der Waals surface area contributed by atoms with Gasteiger partial charge in [-0.3, -0.25) is 4.79 Å². The molecule has 0 saturated carbocycles. The lowest BCUT2D eigenvalue weighted by Crippen LogP contribution is -2.39. The van der Waals surface area contributed by atoms with E-state index in [1.807, 2.05) is 0 Å².